The van der Waals surface area contributed by atoms with E-state index in [1.165, 1.54) is 11.4 Å². The SMILES string of the molecule is CCC1=CC(C)=[N+](c2ccccc2)C(C)O1. The van der Waals surface area contributed by atoms with Crippen molar-refractivity contribution in [2.45, 2.75) is 33.4 Å². The average Bonchev–Trinajstić information content (AvgIpc) is 2.29. The molecule has 1 aromatic carbocycles. The predicted molar refractivity (Wildman–Crippen MR) is 66.0 cm³/mol. The van der Waals surface area contributed by atoms with Crippen LogP contribution in [0.3, 0.4) is 0 Å². The Kier molecular flexibility index (Phi) is 3.09. The molecule has 2 heteroatoms. The van der Waals surface area contributed by atoms with Crippen LogP contribution in [-0.4, -0.2) is 16.5 Å². The van der Waals surface area contributed by atoms with E-state index in [1.807, 2.05) is 18.2 Å². The van der Waals surface area contributed by atoms with Gasteiger partial charge in [0.05, 0.1) is 0 Å². The van der Waals surface area contributed by atoms with Crippen LogP contribution in [0.2, 0.25) is 0 Å². The minimum atomic E-state index is 0.0716. The molecule has 0 fully saturated rings. The van der Waals surface area contributed by atoms with E-state index in [0.29, 0.717) is 0 Å². The third-order valence-electron chi connectivity index (χ3n) is 2.82. The highest BCUT2D eigenvalue weighted by Gasteiger charge is 2.26. The van der Waals surface area contributed by atoms with Gasteiger partial charge in [-0.2, -0.15) is 4.58 Å². The van der Waals surface area contributed by atoms with Gasteiger partial charge in [0, 0.05) is 38.5 Å². The zero-order valence-corrected chi connectivity index (χ0v) is 10.1. The van der Waals surface area contributed by atoms with Gasteiger partial charge in [0.2, 0.25) is 5.69 Å². The topological polar surface area (TPSA) is 12.2 Å². The average molecular weight is 216 g/mol. The van der Waals surface area contributed by atoms with Crippen LogP contribution in [0.4, 0.5) is 5.69 Å². The molecule has 0 bridgehead atoms. The molecule has 0 saturated carbocycles. The Balaban J connectivity index is 2.43. The minimum Gasteiger partial charge on any atom is -0.438 e. The molecule has 0 aliphatic carbocycles. The molecule has 1 heterocycles. The number of para-hydroxylation sites is 1. The minimum absolute atomic E-state index is 0.0716. The van der Waals surface area contributed by atoms with Crippen LogP contribution in [0, 0.1) is 0 Å². The second-order valence-electron chi connectivity index (χ2n) is 4.03. The van der Waals surface area contributed by atoms with E-state index in [1.54, 1.807) is 0 Å². The summed E-state index contributed by atoms with van der Waals surface area (Å²) in [6.07, 6.45) is 3.14. The number of rotatable bonds is 2. The zero-order chi connectivity index (χ0) is 11.5. The van der Waals surface area contributed by atoms with Crippen LogP contribution < -0.4 is 0 Å². The van der Waals surface area contributed by atoms with Crippen molar-refractivity contribution in [3.63, 3.8) is 0 Å². The second kappa shape index (κ2) is 4.52. The molecule has 1 aliphatic rings. The maximum absolute atomic E-state index is 5.84. The lowest BCUT2D eigenvalue weighted by molar-refractivity contribution is -0.536. The largest absolute Gasteiger partial charge is 0.438 e. The molecule has 0 radical (unpaired) electrons. The first-order valence-electron chi connectivity index (χ1n) is 5.77. The van der Waals surface area contributed by atoms with Crippen molar-refractivity contribution in [3.05, 3.63) is 42.2 Å². The summed E-state index contributed by atoms with van der Waals surface area (Å²) >= 11 is 0. The summed E-state index contributed by atoms with van der Waals surface area (Å²) in [5.41, 5.74) is 2.42. The number of benzene rings is 1. The first kappa shape index (κ1) is 10.9. The second-order valence-corrected chi connectivity index (χ2v) is 4.03. The zero-order valence-electron chi connectivity index (χ0n) is 10.1. The molecule has 1 aliphatic heterocycles. The van der Waals surface area contributed by atoms with E-state index in [9.17, 15) is 0 Å². The normalized spacial score (nSPS) is 20.4. The van der Waals surface area contributed by atoms with Crippen molar-refractivity contribution in [3.8, 4) is 0 Å². The van der Waals surface area contributed by atoms with Crippen LogP contribution in [0.25, 0.3) is 0 Å². The van der Waals surface area contributed by atoms with Crippen molar-refractivity contribution in [1.29, 1.82) is 0 Å². The summed E-state index contributed by atoms with van der Waals surface area (Å²) in [4.78, 5) is 0. The summed E-state index contributed by atoms with van der Waals surface area (Å²) in [6, 6.07) is 10.3. The van der Waals surface area contributed by atoms with Crippen LogP contribution in [0.5, 0.6) is 0 Å². The molecule has 1 atom stereocenters. The number of allylic oxidation sites excluding steroid dienone is 2. The standard InChI is InChI=1S/C14H18NO/c1-4-14-10-11(2)15(12(3)16-14)13-8-6-5-7-9-13/h5-10,12H,4H2,1-3H3/q+1. The number of hydrogen-bond acceptors (Lipinski definition) is 1. The van der Waals surface area contributed by atoms with Crippen LogP contribution in [-0.2, 0) is 4.74 Å². The van der Waals surface area contributed by atoms with Gasteiger partial charge in [-0.3, -0.25) is 0 Å². The van der Waals surface area contributed by atoms with E-state index < -0.39 is 0 Å². The van der Waals surface area contributed by atoms with E-state index >= 15 is 0 Å². The molecule has 0 aromatic heterocycles. The fourth-order valence-corrected chi connectivity index (χ4v) is 2.08. The monoisotopic (exact) mass is 216 g/mol. The quantitative estimate of drug-likeness (QED) is 0.689. The Hall–Kier alpha value is -1.57. The molecule has 0 saturated heterocycles. The van der Waals surface area contributed by atoms with E-state index in [0.717, 1.165) is 12.2 Å². The lowest BCUT2D eigenvalue weighted by atomic mass is 10.2. The highest BCUT2D eigenvalue weighted by atomic mass is 16.5. The molecule has 84 valence electrons. The first-order chi connectivity index (χ1) is 7.72. The van der Waals surface area contributed by atoms with Crippen molar-refractivity contribution in [2.24, 2.45) is 0 Å². The fourth-order valence-electron chi connectivity index (χ4n) is 2.08. The molecule has 1 aromatic rings. The molecule has 16 heavy (non-hydrogen) atoms. The van der Waals surface area contributed by atoms with Crippen LogP contribution in [0.15, 0.2) is 42.2 Å². The summed E-state index contributed by atoms with van der Waals surface area (Å²) in [5, 5.41) is 0. The highest BCUT2D eigenvalue weighted by Crippen LogP contribution is 2.21. The third kappa shape index (κ3) is 2.01. The van der Waals surface area contributed by atoms with E-state index in [-0.39, 0.29) is 6.23 Å². The smallest absolute Gasteiger partial charge is 0.299 e. The van der Waals surface area contributed by atoms with E-state index in [4.69, 9.17) is 4.74 Å². The van der Waals surface area contributed by atoms with Gasteiger partial charge in [0.1, 0.15) is 5.76 Å². The number of ether oxygens (including phenoxy) is 1. The Bertz CT molecular complexity index is 431. The van der Waals surface area contributed by atoms with Gasteiger partial charge in [0.15, 0.2) is 5.71 Å². The molecular weight excluding hydrogens is 198 g/mol. The van der Waals surface area contributed by atoms with Crippen LogP contribution in [0.1, 0.15) is 27.2 Å². The van der Waals surface area contributed by atoms with Crippen molar-refractivity contribution in [2.75, 3.05) is 0 Å². The fraction of sp³-hybridized carbons (Fsp3) is 0.357. The van der Waals surface area contributed by atoms with Gasteiger partial charge in [-0.05, 0) is 0 Å². The summed E-state index contributed by atoms with van der Waals surface area (Å²) in [5.74, 6) is 1.07. The Morgan fingerprint density at radius 1 is 1.25 bits per heavy atom. The highest BCUT2D eigenvalue weighted by molar-refractivity contribution is 5.90. The summed E-state index contributed by atoms with van der Waals surface area (Å²) in [7, 11) is 0. The first-order valence-corrected chi connectivity index (χ1v) is 5.77. The van der Waals surface area contributed by atoms with Gasteiger partial charge < -0.3 is 4.74 Å². The molecule has 2 nitrogen and oxygen atoms in total. The number of hydrogen-bond donors (Lipinski definition) is 0. The molecular formula is C14H18NO+. The molecule has 1 unspecified atom stereocenters. The van der Waals surface area contributed by atoms with Crippen molar-refractivity contribution >= 4 is 11.4 Å². The molecule has 0 spiro atoms. The third-order valence-corrected chi connectivity index (χ3v) is 2.82. The van der Waals surface area contributed by atoms with Gasteiger partial charge in [-0.15, -0.1) is 0 Å². The van der Waals surface area contributed by atoms with Crippen molar-refractivity contribution in [1.82, 2.24) is 0 Å². The molecule has 2 rings (SSSR count). The maximum Gasteiger partial charge on any atom is 0.299 e. The Morgan fingerprint density at radius 3 is 2.50 bits per heavy atom. The van der Waals surface area contributed by atoms with Gasteiger partial charge in [0.25, 0.3) is 6.23 Å². The Labute approximate surface area is 96.9 Å². The van der Waals surface area contributed by atoms with Crippen molar-refractivity contribution < 1.29 is 9.31 Å². The summed E-state index contributed by atoms with van der Waals surface area (Å²) in [6.45, 7) is 6.32. The molecule has 0 amide bonds. The predicted octanol–water partition coefficient (Wildman–Crippen LogP) is 3.46. The lowest BCUT2D eigenvalue weighted by Gasteiger charge is -2.20. The lowest BCUT2D eigenvalue weighted by Crippen LogP contribution is -2.30. The van der Waals surface area contributed by atoms with Crippen LogP contribution >= 0.6 is 0 Å². The Morgan fingerprint density at radius 2 is 1.94 bits per heavy atom. The maximum atomic E-state index is 5.84. The van der Waals surface area contributed by atoms with Gasteiger partial charge in [-0.25, -0.2) is 0 Å². The van der Waals surface area contributed by atoms with E-state index in [2.05, 4.69) is 43.6 Å². The number of nitrogens with zero attached hydrogens (tertiary/aromatic N) is 1. The van der Waals surface area contributed by atoms with Gasteiger partial charge in [-0.1, -0.05) is 25.1 Å². The summed E-state index contributed by atoms with van der Waals surface area (Å²) < 4.78 is 8.05. The van der Waals surface area contributed by atoms with Gasteiger partial charge >= 0.3 is 0 Å². The molecule has 0 N–H and O–H groups in total.